The summed E-state index contributed by atoms with van der Waals surface area (Å²) in [4.78, 5) is 21.9. The monoisotopic (exact) mass is 370 g/mol. The first-order valence-corrected chi connectivity index (χ1v) is 9.63. The van der Waals surface area contributed by atoms with E-state index in [1.807, 2.05) is 25.1 Å². The van der Waals surface area contributed by atoms with Crippen LogP contribution in [0.4, 0.5) is 10.8 Å². The lowest BCUT2D eigenvalue weighted by molar-refractivity contribution is 0.101. The summed E-state index contributed by atoms with van der Waals surface area (Å²) in [7, 11) is 2.15. The molecule has 2 aromatic heterocycles. The number of hydrogen-bond donors (Lipinski definition) is 1. The van der Waals surface area contributed by atoms with Crippen LogP contribution in [0.3, 0.4) is 0 Å². The number of nitrogens with zero attached hydrogens (tertiary/aromatic N) is 5. The lowest BCUT2D eigenvalue weighted by atomic mass is 10.3. The molecule has 4 rings (SSSR count). The van der Waals surface area contributed by atoms with E-state index in [9.17, 15) is 4.79 Å². The summed E-state index contributed by atoms with van der Waals surface area (Å²) < 4.78 is 2.77. The van der Waals surface area contributed by atoms with Gasteiger partial charge in [-0.25, -0.2) is 4.98 Å². The standard InChI is InChI=1S/C18H22N6OS/c1-3-24-15(6-7-19-24)17(25)20-13-4-5-14-16(12-13)26-18(21-14)23-10-8-22(2)9-11-23/h4-7,12H,3,8-11H2,1-2H3,(H,20,25). The van der Waals surface area contributed by atoms with E-state index in [4.69, 9.17) is 4.98 Å². The van der Waals surface area contributed by atoms with E-state index in [0.29, 0.717) is 12.2 Å². The number of nitrogens with one attached hydrogen (secondary N) is 1. The Kier molecular flexibility index (Phi) is 4.60. The number of piperazine rings is 1. The van der Waals surface area contributed by atoms with Gasteiger partial charge in [-0.2, -0.15) is 5.10 Å². The zero-order valence-corrected chi connectivity index (χ0v) is 15.8. The van der Waals surface area contributed by atoms with E-state index < -0.39 is 0 Å². The maximum atomic E-state index is 12.5. The largest absolute Gasteiger partial charge is 0.345 e. The summed E-state index contributed by atoms with van der Waals surface area (Å²) in [5.74, 6) is -0.146. The molecule has 1 N–H and O–H groups in total. The van der Waals surface area contributed by atoms with Gasteiger partial charge in [0.05, 0.1) is 10.2 Å². The van der Waals surface area contributed by atoms with Crippen molar-refractivity contribution in [2.45, 2.75) is 13.5 Å². The number of hydrogen-bond acceptors (Lipinski definition) is 6. The van der Waals surface area contributed by atoms with Gasteiger partial charge in [-0.15, -0.1) is 0 Å². The fourth-order valence-corrected chi connectivity index (χ4v) is 4.15. The fourth-order valence-electron chi connectivity index (χ4n) is 3.10. The maximum Gasteiger partial charge on any atom is 0.273 e. The number of benzene rings is 1. The molecule has 26 heavy (non-hydrogen) atoms. The highest BCUT2D eigenvalue weighted by molar-refractivity contribution is 7.22. The van der Waals surface area contributed by atoms with Crippen LogP contribution in [0.2, 0.25) is 0 Å². The number of likely N-dealkylation sites (N-methyl/N-ethyl adjacent to an activating group) is 1. The van der Waals surface area contributed by atoms with E-state index in [1.165, 1.54) is 0 Å². The second kappa shape index (κ2) is 7.05. The van der Waals surface area contributed by atoms with Crippen LogP contribution in [0.1, 0.15) is 17.4 Å². The highest BCUT2D eigenvalue weighted by Gasteiger charge is 2.18. The molecule has 3 heterocycles. The average molecular weight is 370 g/mol. The predicted molar refractivity (Wildman–Crippen MR) is 105 cm³/mol. The molecule has 0 unspecified atom stereocenters. The van der Waals surface area contributed by atoms with Gasteiger partial charge in [0.25, 0.3) is 5.91 Å². The van der Waals surface area contributed by atoms with Crippen molar-refractivity contribution in [1.82, 2.24) is 19.7 Å². The normalized spacial score (nSPS) is 15.5. The van der Waals surface area contributed by atoms with Crippen LogP contribution in [-0.4, -0.2) is 58.8 Å². The van der Waals surface area contributed by atoms with Crippen LogP contribution in [-0.2, 0) is 6.54 Å². The van der Waals surface area contributed by atoms with Gasteiger partial charge in [0.1, 0.15) is 5.69 Å². The number of thiazole rings is 1. The average Bonchev–Trinajstić information content (AvgIpc) is 3.28. The Hall–Kier alpha value is -2.45. The second-order valence-corrected chi connectivity index (χ2v) is 7.46. The van der Waals surface area contributed by atoms with Crippen molar-refractivity contribution in [3.8, 4) is 0 Å². The summed E-state index contributed by atoms with van der Waals surface area (Å²) in [6.45, 7) is 6.75. The Morgan fingerprint density at radius 3 is 2.81 bits per heavy atom. The van der Waals surface area contributed by atoms with E-state index in [0.717, 1.165) is 47.2 Å². The highest BCUT2D eigenvalue weighted by Crippen LogP contribution is 2.31. The molecular weight excluding hydrogens is 348 g/mol. The van der Waals surface area contributed by atoms with Crippen LogP contribution in [0.15, 0.2) is 30.5 Å². The number of aromatic nitrogens is 3. The van der Waals surface area contributed by atoms with Crippen LogP contribution >= 0.6 is 11.3 Å². The van der Waals surface area contributed by atoms with Gasteiger partial charge in [-0.3, -0.25) is 9.48 Å². The zero-order valence-electron chi connectivity index (χ0n) is 15.0. The highest BCUT2D eigenvalue weighted by atomic mass is 32.1. The minimum atomic E-state index is -0.146. The third kappa shape index (κ3) is 3.30. The molecule has 7 nitrogen and oxygen atoms in total. The molecule has 1 saturated heterocycles. The molecular formula is C18H22N6OS. The Balaban J connectivity index is 1.53. The topological polar surface area (TPSA) is 66.3 Å². The van der Waals surface area contributed by atoms with Crippen LogP contribution in [0.5, 0.6) is 0 Å². The Morgan fingerprint density at radius 1 is 1.23 bits per heavy atom. The Morgan fingerprint density at radius 2 is 2.04 bits per heavy atom. The first-order valence-electron chi connectivity index (χ1n) is 8.81. The third-order valence-corrected chi connectivity index (χ3v) is 5.74. The first-order chi connectivity index (χ1) is 12.6. The molecule has 0 bridgehead atoms. The summed E-state index contributed by atoms with van der Waals surface area (Å²) in [6.07, 6.45) is 1.65. The SMILES string of the molecule is CCn1nccc1C(=O)Nc1ccc2nc(N3CCN(C)CC3)sc2c1. The van der Waals surface area contributed by atoms with Gasteiger partial charge in [-0.1, -0.05) is 11.3 Å². The second-order valence-electron chi connectivity index (χ2n) is 6.46. The fraction of sp³-hybridized carbons (Fsp3) is 0.389. The zero-order chi connectivity index (χ0) is 18.1. The van der Waals surface area contributed by atoms with Crippen molar-refractivity contribution in [2.75, 3.05) is 43.4 Å². The van der Waals surface area contributed by atoms with E-state index in [-0.39, 0.29) is 5.91 Å². The van der Waals surface area contributed by atoms with Gasteiger partial charge in [0.15, 0.2) is 5.13 Å². The molecule has 136 valence electrons. The van der Waals surface area contributed by atoms with Gasteiger partial charge >= 0.3 is 0 Å². The summed E-state index contributed by atoms with van der Waals surface area (Å²) in [5, 5.41) is 8.17. The van der Waals surface area contributed by atoms with Crippen LogP contribution < -0.4 is 10.2 Å². The Labute approximate surface area is 156 Å². The van der Waals surface area contributed by atoms with Gasteiger partial charge in [0, 0.05) is 44.6 Å². The van der Waals surface area contributed by atoms with E-state index in [1.54, 1.807) is 28.3 Å². The first kappa shape index (κ1) is 17.0. The number of amides is 1. The molecule has 0 spiro atoms. The molecule has 0 atom stereocenters. The number of carbonyl (C=O) groups is 1. The molecule has 0 saturated carbocycles. The number of carbonyl (C=O) groups excluding carboxylic acids is 1. The van der Waals surface area contributed by atoms with E-state index in [2.05, 4.69) is 27.3 Å². The molecule has 0 radical (unpaired) electrons. The van der Waals surface area contributed by atoms with E-state index >= 15 is 0 Å². The lowest BCUT2D eigenvalue weighted by Crippen LogP contribution is -2.44. The molecule has 1 aliphatic rings. The number of aryl methyl sites for hydroxylation is 1. The minimum Gasteiger partial charge on any atom is -0.345 e. The molecule has 8 heteroatoms. The summed E-state index contributed by atoms with van der Waals surface area (Å²) in [5.41, 5.74) is 2.32. The molecule has 1 amide bonds. The molecule has 1 aliphatic heterocycles. The van der Waals surface area contributed by atoms with Crippen LogP contribution in [0, 0.1) is 0 Å². The predicted octanol–water partition coefficient (Wildman–Crippen LogP) is 2.52. The number of anilines is 2. The quantitative estimate of drug-likeness (QED) is 0.764. The molecule has 1 fully saturated rings. The summed E-state index contributed by atoms with van der Waals surface area (Å²) in [6, 6.07) is 7.60. The van der Waals surface area contributed by atoms with Crippen molar-refractivity contribution in [3.05, 3.63) is 36.2 Å². The van der Waals surface area contributed by atoms with Gasteiger partial charge in [0.2, 0.25) is 0 Å². The molecule has 3 aromatic rings. The maximum absolute atomic E-state index is 12.5. The summed E-state index contributed by atoms with van der Waals surface area (Å²) >= 11 is 1.68. The molecule has 1 aromatic carbocycles. The van der Waals surface area contributed by atoms with Gasteiger partial charge < -0.3 is 15.1 Å². The number of fused-ring (bicyclic) bond motifs is 1. The Bertz CT molecular complexity index is 925. The number of rotatable bonds is 4. The molecule has 0 aliphatic carbocycles. The van der Waals surface area contributed by atoms with Crippen molar-refractivity contribution < 1.29 is 4.79 Å². The van der Waals surface area contributed by atoms with Crippen molar-refractivity contribution in [2.24, 2.45) is 0 Å². The lowest BCUT2D eigenvalue weighted by Gasteiger charge is -2.31. The van der Waals surface area contributed by atoms with Crippen LogP contribution in [0.25, 0.3) is 10.2 Å². The van der Waals surface area contributed by atoms with Crippen molar-refractivity contribution in [1.29, 1.82) is 0 Å². The van der Waals surface area contributed by atoms with Crippen molar-refractivity contribution in [3.63, 3.8) is 0 Å². The van der Waals surface area contributed by atoms with Crippen molar-refractivity contribution >= 4 is 38.3 Å². The smallest absolute Gasteiger partial charge is 0.273 e. The van der Waals surface area contributed by atoms with Gasteiger partial charge in [-0.05, 0) is 38.2 Å². The third-order valence-electron chi connectivity index (χ3n) is 4.66. The minimum absolute atomic E-state index is 0.146.